The van der Waals surface area contributed by atoms with Gasteiger partial charge < -0.3 is 23.8 Å². The van der Waals surface area contributed by atoms with Crippen molar-refractivity contribution in [2.45, 2.75) is 187 Å². The van der Waals surface area contributed by atoms with E-state index in [9.17, 15) is 19.5 Å². The summed E-state index contributed by atoms with van der Waals surface area (Å²) in [6.45, 7) is 4.67. The standard InChI is InChI=1S/C40H75NO7/c1-6-8-10-12-14-15-16-17-18-19-20-21-22-23-24-25-27-29-31-39(43)48-36(34-46-33-32-37(40(44)45)41(3,4)5)35-47-38(42)30-28-26-13-11-9-7-2/h18-19,36-37H,6-17,20-35H2,1-5H3/p+1/b19-18-. The highest BCUT2D eigenvalue weighted by atomic mass is 16.6. The Hall–Kier alpha value is -1.93. The maximum absolute atomic E-state index is 12.6. The topological polar surface area (TPSA) is 99.1 Å². The monoisotopic (exact) mass is 683 g/mol. The maximum Gasteiger partial charge on any atom is 0.362 e. The highest BCUT2D eigenvalue weighted by Crippen LogP contribution is 2.14. The molecule has 0 aromatic rings. The number of rotatable bonds is 35. The van der Waals surface area contributed by atoms with Crippen molar-refractivity contribution in [2.24, 2.45) is 0 Å². The fourth-order valence-corrected chi connectivity index (χ4v) is 5.79. The Labute approximate surface area is 295 Å². The molecular formula is C40H76NO7+. The van der Waals surface area contributed by atoms with E-state index in [0.717, 1.165) is 38.5 Å². The molecule has 8 nitrogen and oxygen atoms in total. The summed E-state index contributed by atoms with van der Waals surface area (Å²) in [7, 11) is 5.51. The SMILES string of the molecule is CCCCCCCCC/C=C\CCCCCCCCCC(=O)OC(COCCC(C(=O)O)[N+](C)(C)C)COC(=O)CCCCCCCC. The number of hydrogen-bond acceptors (Lipinski definition) is 6. The molecule has 2 unspecified atom stereocenters. The van der Waals surface area contributed by atoms with Crippen LogP contribution in [0, 0.1) is 0 Å². The molecule has 0 heterocycles. The van der Waals surface area contributed by atoms with E-state index >= 15 is 0 Å². The molecule has 0 aliphatic heterocycles. The van der Waals surface area contributed by atoms with Crippen LogP contribution in [0.4, 0.5) is 0 Å². The third kappa shape index (κ3) is 30.2. The third-order valence-electron chi connectivity index (χ3n) is 8.91. The average Bonchev–Trinajstić information content (AvgIpc) is 3.03. The Kier molecular flexibility index (Phi) is 31.0. The molecular weight excluding hydrogens is 606 g/mol. The summed E-state index contributed by atoms with van der Waals surface area (Å²) in [4.78, 5) is 36.6. The minimum Gasteiger partial charge on any atom is -0.477 e. The van der Waals surface area contributed by atoms with Gasteiger partial charge >= 0.3 is 17.9 Å². The molecule has 1 N–H and O–H groups in total. The number of quaternary nitrogens is 1. The number of carbonyl (C=O) groups excluding carboxylic acids is 2. The summed E-state index contributed by atoms with van der Waals surface area (Å²) in [5, 5.41) is 9.56. The quantitative estimate of drug-likeness (QED) is 0.0307. The first-order chi connectivity index (χ1) is 23.1. The second-order valence-electron chi connectivity index (χ2n) is 14.5. The van der Waals surface area contributed by atoms with Gasteiger partial charge in [-0.25, -0.2) is 4.79 Å². The number of allylic oxidation sites excluding steroid dienone is 2. The summed E-state index contributed by atoms with van der Waals surface area (Å²) < 4.78 is 17.1. The van der Waals surface area contributed by atoms with Gasteiger partial charge in [0.25, 0.3) is 0 Å². The van der Waals surface area contributed by atoms with E-state index in [4.69, 9.17) is 14.2 Å². The van der Waals surface area contributed by atoms with E-state index < -0.39 is 18.1 Å². The summed E-state index contributed by atoms with van der Waals surface area (Å²) in [6, 6.07) is -0.609. The molecule has 48 heavy (non-hydrogen) atoms. The molecule has 0 bridgehead atoms. The number of carboxylic acids is 1. The number of aliphatic carboxylic acids is 1. The fraction of sp³-hybridized carbons (Fsp3) is 0.875. The Balaban J connectivity index is 4.26. The van der Waals surface area contributed by atoms with Gasteiger partial charge in [0.1, 0.15) is 6.61 Å². The van der Waals surface area contributed by atoms with Crippen LogP contribution in [0.25, 0.3) is 0 Å². The molecule has 2 atom stereocenters. The first-order valence-electron chi connectivity index (χ1n) is 19.7. The second kappa shape index (κ2) is 32.3. The van der Waals surface area contributed by atoms with Crippen LogP contribution in [-0.4, -0.2) is 80.6 Å². The Morgan fingerprint density at radius 3 is 1.50 bits per heavy atom. The van der Waals surface area contributed by atoms with Crippen molar-refractivity contribution in [1.82, 2.24) is 0 Å². The van der Waals surface area contributed by atoms with Gasteiger partial charge in [0.2, 0.25) is 0 Å². The van der Waals surface area contributed by atoms with Gasteiger partial charge in [0.05, 0.1) is 34.4 Å². The molecule has 0 aromatic carbocycles. The smallest absolute Gasteiger partial charge is 0.362 e. The van der Waals surface area contributed by atoms with Gasteiger partial charge in [-0.15, -0.1) is 0 Å². The van der Waals surface area contributed by atoms with Gasteiger partial charge in [-0.3, -0.25) is 9.59 Å². The van der Waals surface area contributed by atoms with E-state index in [1.54, 1.807) is 0 Å². The third-order valence-corrected chi connectivity index (χ3v) is 8.91. The van der Waals surface area contributed by atoms with Crippen molar-refractivity contribution >= 4 is 17.9 Å². The van der Waals surface area contributed by atoms with Crippen LogP contribution in [0.2, 0.25) is 0 Å². The molecule has 0 fully saturated rings. The van der Waals surface area contributed by atoms with Crippen LogP contribution < -0.4 is 0 Å². The zero-order valence-corrected chi connectivity index (χ0v) is 32.0. The van der Waals surface area contributed by atoms with Gasteiger partial charge in [-0.2, -0.15) is 0 Å². The maximum atomic E-state index is 12.6. The highest BCUT2D eigenvalue weighted by molar-refractivity contribution is 5.72. The molecule has 8 heteroatoms. The van der Waals surface area contributed by atoms with E-state index in [1.807, 2.05) is 21.1 Å². The largest absolute Gasteiger partial charge is 0.477 e. The first-order valence-corrected chi connectivity index (χ1v) is 19.7. The van der Waals surface area contributed by atoms with Gasteiger partial charge in [0.15, 0.2) is 12.1 Å². The zero-order valence-electron chi connectivity index (χ0n) is 32.0. The predicted molar refractivity (Wildman–Crippen MR) is 197 cm³/mol. The molecule has 0 radical (unpaired) electrons. The molecule has 0 spiro atoms. The van der Waals surface area contributed by atoms with E-state index in [1.165, 1.54) is 103 Å². The van der Waals surface area contributed by atoms with Crippen LogP contribution in [0.5, 0.6) is 0 Å². The molecule has 282 valence electrons. The Morgan fingerprint density at radius 1 is 0.604 bits per heavy atom. The van der Waals surface area contributed by atoms with Crippen LogP contribution in [0.3, 0.4) is 0 Å². The molecule has 0 saturated heterocycles. The predicted octanol–water partition coefficient (Wildman–Crippen LogP) is 9.97. The molecule has 0 aliphatic rings. The number of nitrogens with zero attached hydrogens (tertiary/aromatic N) is 1. The van der Waals surface area contributed by atoms with Crippen molar-refractivity contribution in [1.29, 1.82) is 0 Å². The van der Waals surface area contributed by atoms with Gasteiger partial charge in [0, 0.05) is 19.3 Å². The Morgan fingerprint density at radius 2 is 1.04 bits per heavy atom. The molecule has 0 saturated carbocycles. The van der Waals surface area contributed by atoms with Crippen molar-refractivity contribution in [3.8, 4) is 0 Å². The summed E-state index contributed by atoms with van der Waals surface area (Å²) in [5.74, 6) is -1.48. The second-order valence-corrected chi connectivity index (χ2v) is 14.5. The zero-order chi connectivity index (χ0) is 35.7. The number of ether oxygens (including phenoxy) is 3. The van der Waals surface area contributed by atoms with Crippen molar-refractivity contribution < 1.29 is 38.2 Å². The number of likely N-dealkylation sites (N-methyl/N-ethyl adjacent to an activating group) is 1. The molecule has 0 aliphatic carbocycles. The van der Waals surface area contributed by atoms with Crippen LogP contribution >= 0.6 is 0 Å². The van der Waals surface area contributed by atoms with Crippen LogP contribution in [-0.2, 0) is 28.6 Å². The summed E-state index contributed by atoms with van der Waals surface area (Å²) in [5.41, 5.74) is 0. The molecule has 0 aromatic heterocycles. The number of unbranched alkanes of at least 4 members (excludes halogenated alkanes) is 19. The first kappa shape index (κ1) is 46.1. The van der Waals surface area contributed by atoms with E-state index in [-0.39, 0.29) is 36.2 Å². The van der Waals surface area contributed by atoms with Crippen LogP contribution in [0.1, 0.15) is 174 Å². The lowest BCUT2D eigenvalue weighted by Gasteiger charge is -2.31. The number of hydrogen-bond donors (Lipinski definition) is 1. The normalized spacial score (nSPS) is 13.1. The van der Waals surface area contributed by atoms with Gasteiger partial charge in [-0.1, -0.05) is 129 Å². The lowest BCUT2D eigenvalue weighted by Crippen LogP contribution is -2.50. The molecule has 0 amide bonds. The van der Waals surface area contributed by atoms with Crippen molar-refractivity contribution in [2.75, 3.05) is 41.0 Å². The summed E-state index contributed by atoms with van der Waals surface area (Å²) >= 11 is 0. The van der Waals surface area contributed by atoms with Crippen molar-refractivity contribution in [3.63, 3.8) is 0 Å². The van der Waals surface area contributed by atoms with Crippen molar-refractivity contribution in [3.05, 3.63) is 12.2 Å². The lowest BCUT2D eigenvalue weighted by molar-refractivity contribution is -0.887. The van der Waals surface area contributed by atoms with Gasteiger partial charge in [-0.05, 0) is 38.5 Å². The number of carbonyl (C=O) groups is 3. The number of esters is 2. The summed E-state index contributed by atoms with van der Waals surface area (Å²) in [6.07, 6.45) is 31.3. The number of carboxylic acid groups (broad SMARTS) is 1. The van der Waals surface area contributed by atoms with E-state index in [2.05, 4.69) is 26.0 Å². The minimum atomic E-state index is -0.876. The van der Waals surface area contributed by atoms with E-state index in [0.29, 0.717) is 19.3 Å². The lowest BCUT2D eigenvalue weighted by atomic mass is 10.1. The average molecular weight is 683 g/mol. The fourth-order valence-electron chi connectivity index (χ4n) is 5.79. The van der Waals surface area contributed by atoms with Crippen LogP contribution in [0.15, 0.2) is 12.2 Å². The Bertz CT molecular complexity index is 808. The molecule has 0 rings (SSSR count). The highest BCUT2D eigenvalue weighted by Gasteiger charge is 2.31. The minimum absolute atomic E-state index is 0.0492.